The van der Waals surface area contributed by atoms with Crippen LogP contribution in [0, 0.1) is 5.92 Å². The highest BCUT2D eigenvalue weighted by atomic mass is 32.2. The molecule has 18 heavy (non-hydrogen) atoms. The van der Waals surface area contributed by atoms with E-state index >= 15 is 0 Å². The second kappa shape index (κ2) is 6.69. The summed E-state index contributed by atoms with van der Waals surface area (Å²) in [6.07, 6.45) is 9.38. The third-order valence-electron chi connectivity index (χ3n) is 4.36. The summed E-state index contributed by atoms with van der Waals surface area (Å²) < 4.78 is 0. The fourth-order valence-electron chi connectivity index (χ4n) is 2.97. The van der Waals surface area contributed by atoms with Gasteiger partial charge in [-0.2, -0.15) is 11.8 Å². The third-order valence-corrected chi connectivity index (χ3v) is 5.45. The Hall–Kier alpha value is -0.380. The van der Waals surface area contributed by atoms with Gasteiger partial charge < -0.3 is 10.2 Å². The van der Waals surface area contributed by atoms with Crippen LogP contribution in [0.2, 0.25) is 0 Å². The molecule has 2 amide bonds. The molecule has 2 unspecified atom stereocenters. The standard InChI is InChI=1S/C14H26N2OS/c1-11-6-8-16(9-7-11)14(17)15-12-4-3-5-13(10-12)18-2/h11-13H,3-10H2,1-2H3,(H,15,17). The van der Waals surface area contributed by atoms with E-state index in [0.29, 0.717) is 6.04 Å². The summed E-state index contributed by atoms with van der Waals surface area (Å²) >= 11 is 1.95. The fraction of sp³-hybridized carbons (Fsp3) is 0.929. The molecule has 3 nitrogen and oxygen atoms in total. The van der Waals surface area contributed by atoms with Gasteiger partial charge in [-0.05, 0) is 44.3 Å². The van der Waals surface area contributed by atoms with Crippen molar-refractivity contribution in [1.29, 1.82) is 0 Å². The molecule has 0 radical (unpaired) electrons. The van der Waals surface area contributed by atoms with E-state index in [4.69, 9.17) is 0 Å². The number of nitrogens with one attached hydrogen (secondary N) is 1. The van der Waals surface area contributed by atoms with Crippen LogP contribution in [-0.4, -0.2) is 41.6 Å². The lowest BCUT2D eigenvalue weighted by molar-refractivity contribution is 0.168. The largest absolute Gasteiger partial charge is 0.335 e. The first-order valence-corrected chi connectivity index (χ1v) is 8.56. The van der Waals surface area contributed by atoms with Crippen LogP contribution in [-0.2, 0) is 0 Å². The van der Waals surface area contributed by atoms with Gasteiger partial charge >= 0.3 is 6.03 Å². The first kappa shape index (κ1) is 14.0. The number of piperidine rings is 1. The highest BCUT2D eigenvalue weighted by Crippen LogP contribution is 2.27. The molecule has 1 saturated carbocycles. The van der Waals surface area contributed by atoms with Gasteiger partial charge in [0.05, 0.1) is 0 Å². The monoisotopic (exact) mass is 270 g/mol. The predicted molar refractivity (Wildman–Crippen MR) is 78.1 cm³/mol. The van der Waals surface area contributed by atoms with Crippen molar-refractivity contribution >= 4 is 17.8 Å². The van der Waals surface area contributed by atoms with Crippen LogP contribution in [0.15, 0.2) is 0 Å². The number of carbonyl (C=O) groups is 1. The van der Waals surface area contributed by atoms with E-state index < -0.39 is 0 Å². The van der Waals surface area contributed by atoms with Crippen molar-refractivity contribution in [3.8, 4) is 0 Å². The number of nitrogens with zero attached hydrogens (tertiary/aromatic N) is 1. The van der Waals surface area contributed by atoms with Crippen LogP contribution in [0.25, 0.3) is 0 Å². The van der Waals surface area contributed by atoms with Crippen molar-refractivity contribution in [3.63, 3.8) is 0 Å². The van der Waals surface area contributed by atoms with E-state index in [1.54, 1.807) is 0 Å². The predicted octanol–water partition coefficient (Wildman–Crippen LogP) is 3.10. The smallest absolute Gasteiger partial charge is 0.317 e. The Balaban J connectivity index is 1.76. The summed E-state index contributed by atoms with van der Waals surface area (Å²) in [6.45, 7) is 4.15. The topological polar surface area (TPSA) is 32.3 Å². The van der Waals surface area contributed by atoms with Gasteiger partial charge in [-0.1, -0.05) is 13.3 Å². The minimum absolute atomic E-state index is 0.175. The molecule has 0 spiro atoms. The van der Waals surface area contributed by atoms with Crippen molar-refractivity contribution < 1.29 is 4.79 Å². The van der Waals surface area contributed by atoms with Gasteiger partial charge in [-0.3, -0.25) is 0 Å². The second-order valence-electron chi connectivity index (χ2n) is 5.84. The zero-order chi connectivity index (χ0) is 13.0. The van der Waals surface area contributed by atoms with Gasteiger partial charge in [0.2, 0.25) is 0 Å². The van der Waals surface area contributed by atoms with E-state index in [0.717, 1.165) is 49.9 Å². The van der Waals surface area contributed by atoms with Gasteiger partial charge in [-0.25, -0.2) is 4.79 Å². The summed E-state index contributed by atoms with van der Waals surface area (Å²) in [4.78, 5) is 14.2. The summed E-state index contributed by atoms with van der Waals surface area (Å²) in [5, 5.41) is 3.98. The normalized spacial score (nSPS) is 30.2. The molecule has 2 fully saturated rings. The molecular weight excluding hydrogens is 244 g/mol. The Morgan fingerprint density at radius 2 is 1.94 bits per heavy atom. The molecule has 2 atom stereocenters. The Bertz CT molecular complexity index is 277. The van der Waals surface area contributed by atoms with Crippen molar-refractivity contribution in [2.24, 2.45) is 5.92 Å². The zero-order valence-electron chi connectivity index (χ0n) is 11.7. The SMILES string of the molecule is CSC1CCCC(NC(=O)N2CCC(C)CC2)C1. The fourth-order valence-corrected chi connectivity index (χ4v) is 3.79. The molecule has 0 aromatic rings. The molecule has 1 aliphatic carbocycles. The molecule has 0 bridgehead atoms. The van der Waals surface area contributed by atoms with Crippen LogP contribution in [0.4, 0.5) is 4.79 Å². The quantitative estimate of drug-likeness (QED) is 0.836. The van der Waals surface area contributed by atoms with Gasteiger partial charge in [0, 0.05) is 24.4 Å². The van der Waals surface area contributed by atoms with E-state index in [1.807, 2.05) is 16.7 Å². The van der Waals surface area contributed by atoms with Crippen LogP contribution >= 0.6 is 11.8 Å². The van der Waals surface area contributed by atoms with Crippen LogP contribution in [0.1, 0.15) is 45.4 Å². The number of rotatable bonds is 2. The molecule has 2 aliphatic rings. The van der Waals surface area contributed by atoms with Crippen molar-refractivity contribution in [2.45, 2.75) is 56.7 Å². The first-order valence-electron chi connectivity index (χ1n) is 7.27. The Morgan fingerprint density at radius 3 is 2.61 bits per heavy atom. The number of thioether (sulfide) groups is 1. The molecule has 1 aliphatic heterocycles. The highest BCUT2D eigenvalue weighted by molar-refractivity contribution is 7.99. The van der Waals surface area contributed by atoms with Gasteiger partial charge in [0.15, 0.2) is 0 Å². The van der Waals surface area contributed by atoms with Gasteiger partial charge in [0.1, 0.15) is 0 Å². The van der Waals surface area contributed by atoms with Crippen LogP contribution in [0.5, 0.6) is 0 Å². The summed E-state index contributed by atoms with van der Waals surface area (Å²) in [5.74, 6) is 0.782. The third kappa shape index (κ3) is 3.81. The van der Waals surface area contributed by atoms with Crippen molar-refractivity contribution in [2.75, 3.05) is 19.3 Å². The number of hydrogen-bond acceptors (Lipinski definition) is 2. The van der Waals surface area contributed by atoms with Crippen molar-refractivity contribution in [1.82, 2.24) is 10.2 Å². The molecule has 1 saturated heterocycles. The van der Waals surface area contributed by atoms with Crippen molar-refractivity contribution in [3.05, 3.63) is 0 Å². The van der Waals surface area contributed by atoms with Gasteiger partial charge in [-0.15, -0.1) is 0 Å². The molecule has 104 valence electrons. The number of carbonyl (C=O) groups excluding carboxylic acids is 1. The van der Waals surface area contributed by atoms with Crippen LogP contribution < -0.4 is 5.32 Å². The molecule has 1 N–H and O–H groups in total. The minimum atomic E-state index is 0.175. The lowest BCUT2D eigenvalue weighted by Gasteiger charge is -2.34. The maximum Gasteiger partial charge on any atom is 0.317 e. The average Bonchev–Trinajstić information content (AvgIpc) is 2.39. The minimum Gasteiger partial charge on any atom is -0.335 e. The van der Waals surface area contributed by atoms with Gasteiger partial charge in [0.25, 0.3) is 0 Å². The number of urea groups is 1. The Morgan fingerprint density at radius 1 is 1.22 bits per heavy atom. The van der Waals surface area contributed by atoms with E-state index in [1.165, 1.54) is 12.8 Å². The molecule has 0 aromatic carbocycles. The average molecular weight is 270 g/mol. The van der Waals surface area contributed by atoms with Crippen LogP contribution in [0.3, 0.4) is 0 Å². The second-order valence-corrected chi connectivity index (χ2v) is 6.98. The maximum atomic E-state index is 12.2. The molecular formula is C14H26N2OS. The summed E-state index contributed by atoms with van der Waals surface area (Å²) in [7, 11) is 0. The molecule has 1 heterocycles. The lowest BCUT2D eigenvalue weighted by Crippen LogP contribution is -2.49. The number of likely N-dealkylation sites (tertiary alicyclic amines) is 1. The number of amides is 2. The highest BCUT2D eigenvalue weighted by Gasteiger charge is 2.26. The molecule has 4 heteroatoms. The summed E-state index contributed by atoms with van der Waals surface area (Å²) in [6, 6.07) is 0.580. The van der Waals surface area contributed by atoms with E-state index in [-0.39, 0.29) is 6.03 Å². The Kier molecular flexibility index (Phi) is 5.22. The lowest BCUT2D eigenvalue weighted by atomic mass is 9.95. The van der Waals surface area contributed by atoms with E-state index in [2.05, 4.69) is 18.5 Å². The summed E-state index contributed by atoms with van der Waals surface area (Å²) in [5.41, 5.74) is 0. The number of hydrogen-bond donors (Lipinski definition) is 1. The Labute approximate surface area is 115 Å². The molecule has 2 rings (SSSR count). The molecule has 0 aromatic heterocycles. The zero-order valence-corrected chi connectivity index (χ0v) is 12.5. The van der Waals surface area contributed by atoms with E-state index in [9.17, 15) is 4.79 Å². The first-order chi connectivity index (χ1) is 8.69. The maximum absolute atomic E-state index is 12.2.